The minimum Gasteiger partial charge on any atom is -0.493 e. The van der Waals surface area contributed by atoms with Gasteiger partial charge in [-0.05, 0) is 26.0 Å². The van der Waals surface area contributed by atoms with Crippen LogP contribution in [0.3, 0.4) is 0 Å². The summed E-state index contributed by atoms with van der Waals surface area (Å²) in [6.07, 6.45) is 1.00. The zero-order valence-corrected chi connectivity index (χ0v) is 12.6. The summed E-state index contributed by atoms with van der Waals surface area (Å²) in [5.41, 5.74) is 1.94. The van der Waals surface area contributed by atoms with E-state index in [1.807, 2.05) is 26.0 Å². The Bertz CT molecular complexity index is 695. The quantitative estimate of drug-likeness (QED) is 0.939. The molecule has 110 valence electrons. The fourth-order valence-corrected chi connectivity index (χ4v) is 3.19. The standard InChI is InChI=1S/C15H15NO4S/c1-3-19-13-5-9-4-8(2)20-12(9)6-10(13)14-16-11(7-21-14)15(17)18/h5-8H,3-4H2,1-2H3,(H,17,18). The summed E-state index contributed by atoms with van der Waals surface area (Å²) in [5.74, 6) is 0.523. The second kappa shape index (κ2) is 5.37. The van der Waals surface area contributed by atoms with E-state index in [9.17, 15) is 4.79 Å². The van der Waals surface area contributed by atoms with Gasteiger partial charge < -0.3 is 14.6 Å². The van der Waals surface area contributed by atoms with Crippen molar-refractivity contribution in [2.24, 2.45) is 0 Å². The molecule has 3 rings (SSSR count). The number of rotatable bonds is 4. The highest BCUT2D eigenvalue weighted by Crippen LogP contribution is 2.41. The van der Waals surface area contributed by atoms with Crippen molar-refractivity contribution in [3.63, 3.8) is 0 Å². The van der Waals surface area contributed by atoms with Crippen LogP contribution < -0.4 is 9.47 Å². The highest BCUT2D eigenvalue weighted by Gasteiger charge is 2.23. The van der Waals surface area contributed by atoms with Crippen molar-refractivity contribution in [3.8, 4) is 22.1 Å². The van der Waals surface area contributed by atoms with E-state index in [4.69, 9.17) is 14.6 Å². The Kier molecular flexibility index (Phi) is 3.55. The van der Waals surface area contributed by atoms with Crippen LogP contribution >= 0.6 is 11.3 Å². The molecular formula is C15H15NO4S. The maximum atomic E-state index is 11.0. The van der Waals surface area contributed by atoms with Gasteiger partial charge in [0.15, 0.2) is 5.69 Å². The number of hydrogen-bond donors (Lipinski definition) is 1. The van der Waals surface area contributed by atoms with Crippen molar-refractivity contribution in [3.05, 3.63) is 28.8 Å². The molecule has 1 aliphatic rings. The Balaban J connectivity index is 2.07. The molecule has 2 aromatic rings. The molecule has 1 aromatic heterocycles. The zero-order valence-electron chi connectivity index (χ0n) is 11.8. The second-order valence-corrected chi connectivity index (χ2v) is 5.72. The van der Waals surface area contributed by atoms with Gasteiger partial charge in [0.1, 0.15) is 22.6 Å². The summed E-state index contributed by atoms with van der Waals surface area (Å²) < 4.78 is 11.4. The average Bonchev–Trinajstić information content (AvgIpc) is 3.03. The van der Waals surface area contributed by atoms with E-state index < -0.39 is 5.97 Å². The molecule has 1 N–H and O–H groups in total. The van der Waals surface area contributed by atoms with E-state index >= 15 is 0 Å². The predicted molar refractivity (Wildman–Crippen MR) is 79.5 cm³/mol. The van der Waals surface area contributed by atoms with Crippen LogP contribution in [0, 0.1) is 0 Å². The third-order valence-corrected chi connectivity index (χ3v) is 4.13. The Hall–Kier alpha value is -2.08. The molecule has 6 heteroatoms. The summed E-state index contributed by atoms with van der Waals surface area (Å²) in [5, 5.41) is 11.2. The number of carboxylic acid groups (broad SMARTS) is 1. The molecular weight excluding hydrogens is 290 g/mol. The average molecular weight is 305 g/mol. The highest BCUT2D eigenvalue weighted by atomic mass is 32.1. The van der Waals surface area contributed by atoms with Gasteiger partial charge in [0.25, 0.3) is 0 Å². The van der Waals surface area contributed by atoms with Crippen molar-refractivity contribution in [1.29, 1.82) is 0 Å². The van der Waals surface area contributed by atoms with Gasteiger partial charge in [0.2, 0.25) is 0 Å². The van der Waals surface area contributed by atoms with Gasteiger partial charge in [-0.25, -0.2) is 9.78 Å². The van der Waals surface area contributed by atoms with Crippen molar-refractivity contribution >= 4 is 17.3 Å². The molecule has 0 saturated heterocycles. The van der Waals surface area contributed by atoms with Crippen molar-refractivity contribution in [2.45, 2.75) is 26.4 Å². The van der Waals surface area contributed by atoms with Crippen LogP contribution in [0.2, 0.25) is 0 Å². The van der Waals surface area contributed by atoms with Crippen LogP contribution in [0.1, 0.15) is 29.9 Å². The number of aromatic carboxylic acids is 1. The first-order chi connectivity index (χ1) is 10.1. The highest BCUT2D eigenvalue weighted by molar-refractivity contribution is 7.13. The molecule has 5 nitrogen and oxygen atoms in total. The van der Waals surface area contributed by atoms with Crippen LogP contribution in [-0.2, 0) is 6.42 Å². The summed E-state index contributed by atoms with van der Waals surface area (Å²) >= 11 is 1.29. The van der Waals surface area contributed by atoms with Crippen LogP contribution in [-0.4, -0.2) is 28.8 Å². The number of benzene rings is 1. The van der Waals surface area contributed by atoms with Gasteiger partial charge >= 0.3 is 5.97 Å². The third-order valence-electron chi connectivity index (χ3n) is 3.25. The maximum absolute atomic E-state index is 11.0. The molecule has 0 bridgehead atoms. The first kappa shape index (κ1) is 13.9. The first-order valence-corrected chi connectivity index (χ1v) is 7.62. The molecule has 0 fully saturated rings. The molecule has 21 heavy (non-hydrogen) atoms. The first-order valence-electron chi connectivity index (χ1n) is 6.74. The molecule has 0 aliphatic carbocycles. The van der Waals surface area contributed by atoms with E-state index in [0.717, 1.165) is 29.0 Å². The summed E-state index contributed by atoms with van der Waals surface area (Å²) in [6.45, 7) is 4.48. The van der Waals surface area contributed by atoms with E-state index in [1.54, 1.807) is 0 Å². The fourth-order valence-electron chi connectivity index (χ4n) is 2.38. The predicted octanol–water partition coefficient (Wildman–Crippen LogP) is 3.23. The van der Waals surface area contributed by atoms with Crippen molar-refractivity contribution < 1.29 is 19.4 Å². The number of hydrogen-bond acceptors (Lipinski definition) is 5. The molecule has 1 aromatic carbocycles. The number of carboxylic acids is 1. The summed E-state index contributed by atoms with van der Waals surface area (Å²) in [7, 11) is 0. The summed E-state index contributed by atoms with van der Waals surface area (Å²) in [4.78, 5) is 15.1. The molecule has 0 spiro atoms. The minimum absolute atomic E-state index is 0.0484. The van der Waals surface area contributed by atoms with Gasteiger partial charge in [-0.15, -0.1) is 11.3 Å². The topological polar surface area (TPSA) is 68.7 Å². The van der Waals surface area contributed by atoms with Gasteiger partial charge in [-0.2, -0.15) is 0 Å². The minimum atomic E-state index is -1.03. The molecule has 2 heterocycles. The smallest absolute Gasteiger partial charge is 0.355 e. The Morgan fingerprint density at radius 3 is 3.05 bits per heavy atom. The van der Waals surface area contributed by atoms with E-state index in [0.29, 0.717) is 11.6 Å². The molecule has 1 aliphatic heterocycles. The largest absolute Gasteiger partial charge is 0.493 e. The SMILES string of the molecule is CCOc1cc2c(cc1-c1nc(C(=O)O)cs1)OC(C)C2. The summed E-state index contributed by atoms with van der Waals surface area (Å²) in [6, 6.07) is 3.87. The van der Waals surface area contributed by atoms with Gasteiger partial charge in [0.05, 0.1) is 12.2 Å². The monoisotopic (exact) mass is 305 g/mol. The Morgan fingerprint density at radius 1 is 1.57 bits per heavy atom. The zero-order chi connectivity index (χ0) is 15.0. The number of thiazole rings is 1. The van der Waals surface area contributed by atoms with E-state index in [2.05, 4.69) is 4.98 Å². The number of aromatic nitrogens is 1. The molecule has 1 unspecified atom stereocenters. The Morgan fingerprint density at radius 2 is 2.38 bits per heavy atom. The van der Waals surface area contributed by atoms with Gasteiger partial charge in [-0.1, -0.05) is 0 Å². The van der Waals surface area contributed by atoms with Crippen LogP contribution in [0.25, 0.3) is 10.6 Å². The normalized spacial score (nSPS) is 16.4. The lowest BCUT2D eigenvalue weighted by atomic mass is 10.1. The molecule has 0 radical (unpaired) electrons. The van der Waals surface area contributed by atoms with Crippen LogP contribution in [0.15, 0.2) is 17.5 Å². The second-order valence-electron chi connectivity index (χ2n) is 4.86. The number of carbonyl (C=O) groups is 1. The number of fused-ring (bicyclic) bond motifs is 1. The van der Waals surface area contributed by atoms with Crippen LogP contribution in [0.4, 0.5) is 0 Å². The maximum Gasteiger partial charge on any atom is 0.355 e. The third kappa shape index (κ3) is 2.58. The number of nitrogens with zero attached hydrogens (tertiary/aromatic N) is 1. The van der Waals surface area contributed by atoms with Crippen LogP contribution in [0.5, 0.6) is 11.5 Å². The lowest BCUT2D eigenvalue weighted by molar-refractivity contribution is 0.0691. The Labute approximate surface area is 126 Å². The van der Waals surface area contributed by atoms with Crippen molar-refractivity contribution in [1.82, 2.24) is 4.98 Å². The molecule has 0 saturated carbocycles. The van der Waals surface area contributed by atoms with Crippen molar-refractivity contribution in [2.75, 3.05) is 6.61 Å². The lowest BCUT2D eigenvalue weighted by Crippen LogP contribution is -2.05. The van der Waals surface area contributed by atoms with E-state index in [-0.39, 0.29) is 11.8 Å². The van der Waals surface area contributed by atoms with E-state index in [1.165, 1.54) is 16.7 Å². The lowest BCUT2D eigenvalue weighted by Gasteiger charge is -2.10. The molecule has 0 amide bonds. The van der Waals surface area contributed by atoms with Gasteiger partial charge in [-0.3, -0.25) is 0 Å². The fraction of sp³-hybridized carbons (Fsp3) is 0.333. The van der Waals surface area contributed by atoms with Gasteiger partial charge in [0, 0.05) is 17.4 Å². The number of ether oxygens (including phenoxy) is 2. The molecule has 1 atom stereocenters.